The molecular formula is C35H26N2. The highest BCUT2D eigenvalue weighted by molar-refractivity contribution is 6.21. The number of aromatic nitrogens is 2. The number of benzene rings is 6. The van der Waals surface area contributed by atoms with Crippen LogP contribution in [0.2, 0.25) is 0 Å². The predicted molar refractivity (Wildman–Crippen MR) is 156 cm³/mol. The second-order valence-corrected chi connectivity index (χ2v) is 8.41. The van der Waals surface area contributed by atoms with E-state index in [0.29, 0.717) is 21.8 Å². The summed E-state index contributed by atoms with van der Waals surface area (Å²) in [5.41, 5.74) is 0.978. The molecule has 0 N–H and O–H groups in total. The molecule has 1 heterocycles. The van der Waals surface area contributed by atoms with E-state index in [1.165, 1.54) is 4.57 Å². The fourth-order valence-electron chi connectivity index (χ4n) is 4.97. The van der Waals surface area contributed by atoms with Gasteiger partial charge in [0.15, 0.2) is 0 Å². The summed E-state index contributed by atoms with van der Waals surface area (Å²) in [5, 5.41) is 1.21. The molecule has 7 aromatic rings. The maximum atomic E-state index is 8.94. The molecule has 0 fully saturated rings. The smallest absolute Gasteiger partial charge is 0.114 e. The van der Waals surface area contributed by atoms with E-state index in [1.54, 1.807) is 66.7 Å². The van der Waals surface area contributed by atoms with Gasteiger partial charge in [-0.2, -0.15) is 0 Å². The lowest BCUT2D eigenvalue weighted by molar-refractivity contribution is 0.909. The van der Waals surface area contributed by atoms with E-state index in [9.17, 15) is 0 Å². The summed E-state index contributed by atoms with van der Waals surface area (Å²) in [7, 11) is 0. The molecule has 0 spiro atoms. The van der Waals surface area contributed by atoms with Gasteiger partial charge in [-0.25, -0.2) is 4.98 Å². The summed E-state index contributed by atoms with van der Waals surface area (Å²) >= 11 is 0. The molecule has 0 saturated heterocycles. The summed E-state index contributed by atoms with van der Waals surface area (Å²) in [6, 6.07) is 12.4. The second kappa shape index (κ2) is 8.76. The van der Waals surface area contributed by atoms with Gasteiger partial charge in [0.25, 0.3) is 0 Å². The largest absolute Gasteiger partial charge is 0.296 e. The summed E-state index contributed by atoms with van der Waals surface area (Å²) in [5.74, 6) is -0.427. The van der Waals surface area contributed by atoms with Crippen LogP contribution in [0.5, 0.6) is 0 Å². The molecular weight excluding hydrogens is 448 g/mol. The normalized spacial score (nSPS) is 18.0. The van der Waals surface area contributed by atoms with Gasteiger partial charge >= 0.3 is 0 Å². The third-order valence-corrected chi connectivity index (χ3v) is 6.44. The summed E-state index contributed by atoms with van der Waals surface area (Å²) in [6.45, 7) is -3.13. The maximum Gasteiger partial charge on any atom is 0.114 e. The highest BCUT2D eigenvalue weighted by Crippen LogP contribution is 2.44. The lowest BCUT2D eigenvalue weighted by Crippen LogP contribution is -2.00. The van der Waals surface area contributed by atoms with Crippen molar-refractivity contribution in [2.45, 2.75) is 13.2 Å². The van der Waals surface area contributed by atoms with Gasteiger partial charge in [0.1, 0.15) is 5.82 Å². The van der Waals surface area contributed by atoms with Crippen LogP contribution in [-0.2, 0) is 6.37 Å². The molecule has 2 heteroatoms. The van der Waals surface area contributed by atoms with Gasteiger partial charge in [0, 0.05) is 18.9 Å². The van der Waals surface area contributed by atoms with Crippen LogP contribution in [0, 0.1) is 0 Å². The number of rotatable bonds is 4. The van der Waals surface area contributed by atoms with Gasteiger partial charge in [-0.1, -0.05) is 110 Å². The zero-order valence-electron chi connectivity index (χ0n) is 34.2. The van der Waals surface area contributed by atoms with E-state index in [1.807, 2.05) is 0 Å². The molecule has 1 aromatic heterocycles. The fraction of sp³-hybridized carbons (Fsp3) is 0.0571. The Labute approximate surface area is 237 Å². The van der Waals surface area contributed by atoms with E-state index in [4.69, 9.17) is 20.6 Å². The van der Waals surface area contributed by atoms with Crippen LogP contribution >= 0.6 is 0 Å². The Hall–Kier alpha value is -4.69. The van der Waals surface area contributed by atoms with Crippen molar-refractivity contribution in [3.05, 3.63) is 133 Å². The lowest BCUT2D eigenvalue weighted by atomic mass is 9.86. The van der Waals surface area contributed by atoms with Crippen LogP contribution in [0.25, 0.3) is 60.5 Å². The van der Waals surface area contributed by atoms with Crippen LogP contribution in [0.3, 0.4) is 0 Å². The summed E-state index contributed by atoms with van der Waals surface area (Å²) < 4.78 is 129. The van der Waals surface area contributed by atoms with Crippen molar-refractivity contribution in [3.8, 4) is 27.9 Å². The van der Waals surface area contributed by atoms with E-state index in [-0.39, 0.29) is 38.7 Å². The number of hydrogen-bond acceptors (Lipinski definition) is 1. The molecule has 0 bridgehead atoms. The number of imidazole rings is 1. The van der Waals surface area contributed by atoms with Crippen molar-refractivity contribution >= 4 is 32.6 Å². The summed E-state index contributed by atoms with van der Waals surface area (Å²) in [6.07, 6.45) is -2.95. The van der Waals surface area contributed by atoms with Gasteiger partial charge < -0.3 is 0 Å². The topological polar surface area (TPSA) is 17.8 Å². The zero-order valence-corrected chi connectivity index (χ0v) is 19.2. The molecule has 2 nitrogen and oxygen atoms in total. The molecule has 0 radical (unpaired) electrons. The number of nitrogens with zero attached hydrogens (tertiary/aromatic N) is 2. The minimum Gasteiger partial charge on any atom is -0.296 e. The minimum atomic E-state index is -3.13. The van der Waals surface area contributed by atoms with Crippen molar-refractivity contribution in [2.75, 3.05) is 0 Å². The molecule has 0 aliphatic heterocycles. The first kappa shape index (κ1) is 11.1. The molecule has 6 aromatic carbocycles. The third kappa shape index (κ3) is 3.45. The Balaban J connectivity index is 1.74. The Kier molecular flexibility index (Phi) is 2.64. The number of aryl methyl sites for hydroxylation is 1. The molecule has 0 atom stereocenters. The number of para-hydroxylation sites is 2. The van der Waals surface area contributed by atoms with Crippen LogP contribution < -0.4 is 0 Å². The first-order valence-corrected chi connectivity index (χ1v) is 11.5. The minimum absolute atomic E-state index is 0.125. The van der Waals surface area contributed by atoms with Crippen molar-refractivity contribution in [1.29, 1.82) is 0 Å². The Morgan fingerprint density at radius 1 is 0.703 bits per heavy atom. The quantitative estimate of drug-likeness (QED) is 0.225. The Bertz CT molecular complexity index is 2600. The first-order chi connectivity index (χ1) is 24.4. The number of fused-ring (bicyclic) bond motifs is 3. The molecule has 0 unspecified atom stereocenters. The predicted octanol–water partition coefficient (Wildman–Crippen LogP) is 9.23. The number of hydrogen-bond donors (Lipinski definition) is 0. The van der Waals surface area contributed by atoms with Gasteiger partial charge in [0.05, 0.1) is 24.7 Å². The lowest BCUT2D eigenvalue weighted by Gasteiger charge is -2.19. The van der Waals surface area contributed by atoms with E-state index >= 15 is 0 Å². The van der Waals surface area contributed by atoms with Gasteiger partial charge in [-0.05, 0) is 68.1 Å². The Morgan fingerprint density at radius 3 is 1.97 bits per heavy atom. The molecule has 7 rings (SSSR count). The zero-order chi connectivity index (χ0) is 37.8. The molecule has 176 valence electrons. The molecule has 0 saturated carbocycles. The first-order valence-electron chi connectivity index (χ1n) is 19.0. The molecule has 37 heavy (non-hydrogen) atoms. The van der Waals surface area contributed by atoms with E-state index < -0.39 is 79.5 Å². The van der Waals surface area contributed by atoms with Gasteiger partial charge in [0.2, 0.25) is 0 Å². The fourth-order valence-corrected chi connectivity index (χ4v) is 4.97. The van der Waals surface area contributed by atoms with Crippen LogP contribution in [0.4, 0.5) is 0 Å². The van der Waals surface area contributed by atoms with Crippen LogP contribution in [0.15, 0.2) is 127 Å². The third-order valence-electron chi connectivity index (χ3n) is 6.44. The Morgan fingerprint density at radius 2 is 1.30 bits per heavy atom. The molecule has 0 aliphatic carbocycles. The SMILES string of the molecule is [2H]c1c([2H])c([2H])c(-c2c3ccccc3c(-c3c([2H])c([2H])c([2H])c([2H])c3[2H])c3cc(-n4c(C([2H])([2H])C([2H])([2H])[2H])nc5ccccc54)ccc23)c([2H])c1[2H]. The van der Waals surface area contributed by atoms with Crippen molar-refractivity contribution in [1.82, 2.24) is 9.55 Å². The van der Waals surface area contributed by atoms with Crippen molar-refractivity contribution in [2.24, 2.45) is 0 Å². The highest BCUT2D eigenvalue weighted by Gasteiger charge is 2.18. The van der Waals surface area contributed by atoms with Crippen LogP contribution in [-0.4, -0.2) is 9.55 Å². The van der Waals surface area contributed by atoms with Gasteiger partial charge in [-0.15, -0.1) is 0 Å². The average molecular weight is 490 g/mol. The van der Waals surface area contributed by atoms with E-state index in [0.717, 1.165) is 0 Å². The maximum absolute atomic E-state index is 8.94. The second-order valence-electron chi connectivity index (χ2n) is 8.41. The average Bonchev–Trinajstić information content (AvgIpc) is 3.52. The highest BCUT2D eigenvalue weighted by atomic mass is 15.1. The van der Waals surface area contributed by atoms with Crippen molar-refractivity contribution < 1.29 is 20.6 Å². The molecule has 0 amide bonds. The van der Waals surface area contributed by atoms with E-state index in [2.05, 4.69) is 4.98 Å². The van der Waals surface area contributed by atoms with Crippen molar-refractivity contribution in [3.63, 3.8) is 0 Å². The molecule has 0 aliphatic rings. The van der Waals surface area contributed by atoms with Crippen LogP contribution in [0.1, 0.15) is 33.2 Å². The standard InChI is InChI=1S/C35H26N2/c1-2-33-36-31-19-11-12-20-32(31)37(33)26-21-22-29-30(23-26)35(25-15-7-4-8-16-25)28-18-10-9-17-27(28)34(29)24-13-5-3-6-14-24/h3-23H,2H2,1H3/i1D3,2D2,3D,4D,5D,6D,7D,8D,13D,14D,15D,16D. The van der Waals surface area contributed by atoms with Gasteiger partial charge in [-0.3, -0.25) is 4.57 Å². The summed E-state index contributed by atoms with van der Waals surface area (Å²) in [4.78, 5) is 4.40. The monoisotopic (exact) mass is 489 g/mol.